The lowest BCUT2D eigenvalue weighted by atomic mass is 10.2. The molecule has 2 rings (SSSR count). The van der Waals surface area contributed by atoms with Gasteiger partial charge in [0.2, 0.25) is 0 Å². The molecular formula is C16H26N2OS. The Hall–Kier alpha value is -0.710. The van der Waals surface area contributed by atoms with Crippen LogP contribution in [0.4, 0.5) is 5.69 Å². The number of thioether (sulfide) groups is 1. The predicted molar refractivity (Wildman–Crippen MR) is 87.3 cm³/mol. The van der Waals surface area contributed by atoms with Gasteiger partial charge in [0.15, 0.2) is 0 Å². The molecule has 0 saturated carbocycles. The minimum atomic E-state index is 0.312. The first-order chi connectivity index (χ1) is 9.54. The zero-order chi connectivity index (χ0) is 14.5. The lowest BCUT2D eigenvalue weighted by molar-refractivity contribution is -0.0191. The van der Waals surface area contributed by atoms with Crippen molar-refractivity contribution < 1.29 is 4.74 Å². The number of anilines is 1. The molecule has 1 atom stereocenters. The number of hydrogen-bond donors (Lipinski definition) is 1. The average Bonchev–Trinajstić information content (AvgIpc) is 2.39. The zero-order valence-corrected chi connectivity index (χ0v) is 13.6. The van der Waals surface area contributed by atoms with E-state index in [2.05, 4.69) is 37.8 Å². The topological polar surface area (TPSA) is 38.5 Å². The minimum Gasteiger partial charge on any atom is -0.398 e. The SMILES string of the molecule is Cc1ccc(N)c(SCC2CN(CC(C)C)CCO2)c1. The molecule has 20 heavy (non-hydrogen) atoms. The quantitative estimate of drug-likeness (QED) is 0.669. The van der Waals surface area contributed by atoms with E-state index in [1.54, 1.807) is 0 Å². The Kier molecular flexibility index (Phi) is 5.75. The second kappa shape index (κ2) is 7.34. The molecule has 1 aliphatic heterocycles. The standard InChI is InChI=1S/C16H26N2OS/c1-12(2)9-18-6-7-19-14(10-18)11-20-16-8-13(3)4-5-15(16)17/h4-5,8,12,14H,6-7,9-11,17H2,1-3H3. The van der Waals surface area contributed by atoms with Crippen LogP contribution >= 0.6 is 11.8 Å². The molecule has 0 aliphatic carbocycles. The van der Waals surface area contributed by atoms with Crippen molar-refractivity contribution in [2.75, 3.05) is 37.7 Å². The smallest absolute Gasteiger partial charge is 0.0796 e. The van der Waals surface area contributed by atoms with Crippen molar-refractivity contribution in [1.82, 2.24) is 4.90 Å². The van der Waals surface area contributed by atoms with E-state index < -0.39 is 0 Å². The number of ether oxygens (including phenoxy) is 1. The van der Waals surface area contributed by atoms with Gasteiger partial charge in [0.05, 0.1) is 12.7 Å². The maximum atomic E-state index is 6.03. The predicted octanol–water partition coefficient (Wildman–Crippen LogP) is 3.03. The Morgan fingerprint density at radius 2 is 2.25 bits per heavy atom. The molecule has 1 fully saturated rings. The summed E-state index contributed by atoms with van der Waals surface area (Å²) in [5.41, 5.74) is 8.15. The number of benzene rings is 1. The third-order valence-corrected chi connectivity index (χ3v) is 4.64. The van der Waals surface area contributed by atoms with E-state index in [1.165, 1.54) is 10.5 Å². The Balaban J connectivity index is 1.85. The molecule has 2 N–H and O–H groups in total. The highest BCUT2D eigenvalue weighted by atomic mass is 32.2. The van der Waals surface area contributed by atoms with Crippen LogP contribution < -0.4 is 5.73 Å². The maximum Gasteiger partial charge on any atom is 0.0796 e. The van der Waals surface area contributed by atoms with Crippen LogP contribution in [0.15, 0.2) is 23.1 Å². The van der Waals surface area contributed by atoms with Crippen molar-refractivity contribution in [3.8, 4) is 0 Å². The van der Waals surface area contributed by atoms with E-state index in [0.29, 0.717) is 12.0 Å². The molecule has 4 heteroatoms. The summed E-state index contributed by atoms with van der Waals surface area (Å²) >= 11 is 1.81. The molecule has 0 spiro atoms. The Labute approximate surface area is 126 Å². The molecule has 0 bridgehead atoms. The van der Waals surface area contributed by atoms with Gasteiger partial charge in [-0.25, -0.2) is 0 Å². The largest absolute Gasteiger partial charge is 0.398 e. The molecule has 112 valence electrons. The van der Waals surface area contributed by atoms with Crippen LogP contribution in [0.2, 0.25) is 0 Å². The average molecular weight is 294 g/mol. The Bertz CT molecular complexity index is 436. The van der Waals surface area contributed by atoms with E-state index in [0.717, 1.165) is 37.7 Å². The van der Waals surface area contributed by atoms with Gasteiger partial charge in [0.25, 0.3) is 0 Å². The molecular weight excluding hydrogens is 268 g/mol. The van der Waals surface area contributed by atoms with Crippen LogP contribution in [-0.2, 0) is 4.74 Å². The van der Waals surface area contributed by atoms with Gasteiger partial charge < -0.3 is 10.5 Å². The highest BCUT2D eigenvalue weighted by Crippen LogP contribution is 2.27. The summed E-state index contributed by atoms with van der Waals surface area (Å²) in [4.78, 5) is 3.69. The van der Waals surface area contributed by atoms with E-state index in [9.17, 15) is 0 Å². The van der Waals surface area contributed by atoms with Gasteiger partial charge in [0.1, 0.15) is 0 Å². The monoisotopic (exact) mass is 294 g/mol. The number of nitrogens with zero attached hydrogens (tertiary/aromatic N) is 1. The van der Waals surface area contributed by atoms with E-state index in [4.69, 9.17) is 10.5 Å². The summed E-state index contributed by atoms with van der Waals surface area (Å²) in [5.74, 6) is 1.69. The summed E-state index contributed by atoms with van der Waals surface area (Å²) < 4.78 is 5.88. The molecule has 0 amide bonds. The molecule has 3 nitrogen and oxygen atoms in total. The van der Waals surface area contributed by atoms with Crippen molar-refractivity contribution in [2.24, 2.45) is 5.92 Å². The molecule has 1 unspecified atom stereocenters. The molecule has 0 radical (unpaired) electrons. The van der Waals surface area contributed by atoms with Gasteiger partial charge in [-0.15, -0.1) is 11.8 Å². The summed E-state index contributed by atoms with van der Waals surface area (Å²) in [5, 5.41) is 0. The summed E-state index contributed by atoms with van der Waals surface area (Å²) in [6.07, 6.45) is 0.312. The first-order valence-corrected chi connectivity index (χ1v) is 8.36. The second-order valence-electron chi connectivity index (χ2n) is 6.00. The first kappa shape index (κ1) is 15.7. The number of nitrogen functional groups attached to an aromatic ring is 1. The molecule has 1 heterocycles. The van der Waals surface area contributed by atoms with Crippen LogP contribution in [0.1, 0.15) is 19.4 Å². The molecule has 1 saturated heterocycles. The van der Waals surface area contributed by atoms with Gasteiger partial charge in [-0.1, -0.05) is 19.9 Å². The van der Waals surface area contributed by atoms with Crippen LogP contribution in [0.5, 0.6) is 0 Å². The van der Waals surface area contributed by atoms with E-state index in [-0.39, 0.29) is 0 Å². The van der Waals surface area contributed by atoms with Gasteiger partial charge in [-0.3, -0.25) is 4.90 Å². The van der Waals surface area contributed by atoms with Crippen molar-refractivity contribution in [3.05, 3.63) is 23.8 Å². The fraction of sp³-hybridized carbons (Fsp3) is 0.625. The fourth-order valence-corrected chi connectivity index (χ4v) is 3.58. The lowest BCUT2D eigenvalue weighted by Crippen LogP contribution is -2.44. The van der Waals surface area contributed by atoms with Gasteiger partial charge in [-0.2, -0.15) is 0 Å². The summed E-state index contributed by atoms with van der Waals surface area (Å²) in [6.45, 7) is 10.8. The number of rotatable bonds is 5. The van der Waals surface area contributed by atoms with Gasteiger partial charge >= 0.3 is 0 Å². The first-order valence-electron chi connectivity index (χ1n) is 7.37. The summed E-state index contributed by atoms with van der Waals surface area (Å²) in [6, 6.07) is 6.21. The maximum absolute atomic E-state index is 6.03. The van der Waals surface area contributed by atoms with E-state index >= 15 is 0 Å². The number of hydrogen-bond acceptors (Lipinski definition) is 4. The highest BCUT2D eigenvalue weighted by Gasteiger charge is 2.21. The highest BCUT2D eigenvalue weighted by molar-refractivity contribution is 7.99. The number of aryl methyl sites for hydroxylation is 1. The molecule has 1 aromatic carbocycles. The van der Waals surface area contributed by atoms with Crippen molar-refractivity contribution in [1.29, 1.82) is 0 Å². The number of nitrogens with two attached hydrogens (primary N) is 1. The Morgan fingerprint density at radius 1 is 1.45 bits per heavy atom. The summed E-state index contributed by atoms with van der Waals surface area (Å²) in [7, 11) is 0. The van der Waals surface area contributed by atoms with Crippen LogP contribution in [0.25, 0.3) is 0 Å². The lowest BCUT2D eigenvalue weighted by Gasteiger charge is -2.33. The van der Waals surface area contributed by atoms with Crippen molar-refractivity contribution in [3.63, 3.8) is 0 Å². The fourth-order valence-electron chi connectivity index (χ4n) is 2.51. The van der Waals surface area contributed by atoms with Gasteiger partial charge in [0, 0.05) is 36.0 Å². The third-order valence-electron chi connectivity index (χ3n) is 3.44. The minimum absolute atomic E-state index is 0.312. The Morgan fingerprint density at radius 3 is 3.00 bits per heavy atom. The van der Waals surface area contributed by atoms with Crippen LogP contribution in [0.3, 0.4) is 0 Å². The molecule has 1 aromatic rings. The normalized spacial score (nSPS) is 20.5. The third kappa shape index (κ3) is 4.69. The van der Waals surface area contributed by atoms with Gasteiger partial charge in [-0.05, 0) is 30.5 Å². The number of morpholine rings is 1. The van der Waals surface area contributed by atoms with Crippen molar-refractivity contribution >= 4 is 17.4 Å². The second-order valence-corrected chi connectivity index (χ2v) is 7.06. The zero-order valence-electron chi connectivity index (χ0n) is 12.8. The van der Waals surface area contributed by atoms with Crippen LogP contribution in [0, 0.1) is 12.8 Å². The molecule has 1 aliphatic rings. The van der Waals surface area contributed by atoms with Crippen molar-refractivity contribution in [2.45, 2.75) is 31.8 Å². The molecule has 0 aromatic heterocycles. The van der Waals surface area contributed by atoms with Crippen LogP contribution in [-0.4, -0.2) is 43.0 Å². The van der Waals surface area contributed by atoms with E-state index in [1.807, 2.05) is 17.8 Å².